The van der Waals surface area contributed by atoms with Crippen LogP contribution >= 0.6 is 0 Å². The zero-order chi connectivity index (χ0) is 20.2. The Hall–Kier alpha value is -4.14. The van der Waals surface area contributed by atoms with Crippen LogP contribution in [0.25, 0.3) is 16.7 Å². The average Bonchev–Trinajstić information content (AvgIpc) is 3.20. The zero-order valence-electron chi connectivity index (χ0n) is 15.1. The minimum atomic E-state index is -1.20. The van der Waals surface area contributed by atoms with Crippen LogP contribution in [0.4, 0.5) is 4.79 Å². The molecule has 0 fully saturated rings. The number of nitrogens with one attached hydrogen (secondary N) is 1. The number of ether oxygens (including phenoxy) is 1. The number of hydrogen-bond donors (Lipinski definition) is 2. The van der Waals surface area contributed by atoms with Gasteiger partial charge in [-0.15, -0.1) is 5.10 Å². The van der Waals surface area contributed by atoms with Crippen molar-refractivity contribution >= 4 is 17.1 Å². The van der Waals surface area contributed by atoms with Crippen molar-refractivity contribution in [3.63, 3.8) is 0 Å². The highest BCUT2D eigenvalue weighted by Crippen LogP contribution is 2.20. The van der Waals surface area contributed by atoms with Crippen LogP contribution in [0, 0.1) is 0 Å². The molecule has 0 atom stereocenters. The highest BCUT2D eigenvalue weighted by Gasteiger charge is 2.09. The summed E-state index contributed by atoms with van der Waals surface area (Å²) in [5, 5.41) is 19.4. The van der Waals surface area contributed by atoms with E-state index in [0.717, 1.165) is 5.69 Å². The van der Waals surface area contributed by atoms with Crippen molar-refractivity contribution in [3.05, 3.63) is 82.5 Å². The number of rotatable bonds is 6. The first kappa shape index (κ1) is 18.2. The monoisotopic (exact) mass is 392 g/mol. The normalized spacial score (nSPS) is 10.8. The number of hydrogen-bond acceptors (Lipinski definition) is 6. The van der Waals surface area contributed by atoms with Gasteiger partial charge in [0, 0.05) is 12.1 Å². The molecule has 0 saturated heterocycles. The summed E-state index contributed by atoms with van der Waals surface area (Å²) in [6, 6.07) is 15.7. The predicted octanol–water partition coefficient (Wildman–Crippen LogP) is 2.72. The molecule has 2 heterocycles. The number of carbonyl (C=O) groups is 1. The fraction of sp³-hybridized carbons (Fsp3) is 0.100. The molecule has 0 aliphatic carbocycles. The van der Waals surface area contributed by atoms with Gasteiger partial charge in [-0.3, -0.25) is 4.79 Å². The molecular formula is C20H16N4O5. The van der Waals surface area contributed by atoms with E-state index < -0.39 is 6.09 Å². The molecule has 0 unspecified atom stereocenters. The summed E-state index contributed by atoms with van der Waals surface area (Å²) in [5.41, 5.74) is 1.58. The number of benzene rings is 2. The number of fused-ring (bicyclic) bond motifs is 1. The van der Waals surface area contributed by atoms with Crippen molar-refractivity contribution in [3.8, 4) is 11.4 Å². The number of nitrogens with zero attached hydrogens (tertiary/aromatic N) is 3. The Morgan fingerprint density at radius 1 is 1.17 bits per heavy atom. The van der Waals surface area contributed by atoms with Crippen molar-refractivity contribution < 1.29 is 19.1 Å². The van der Waals surface area contributed by atoms with E-state index in [9.17, 15) is 9.59 Å². The zero-order valence-corrected chi connectivity index (χ0v) is 15.1. The molecule has 0 saturated carbocycles. The molecule has 146 valence electrons. The van der Waals surface area contributed by atoms with Gasteiger partial charge in [-0.05, 0) is 24.3 Å². The van der Waals surface area contributed by atoms with Gasteiger partial charge in [-0.1, -0.05) is 23.4 Å². The molecular weight excluding hydrogens is 376 g/mol. The lowest BCUT2D eigenvalue weighted by Crippen LogP contribution is -2.20. The van der Waals surface area contributed by atoms with Gasteiger partial charge < -0.3 is 19.6 Å². The van der Waals surface area contributed by atoms with Crippen LogP contribution in [0.1, 0.15) is 11.5 Å². The van der Waals surface area contributed by atoms with Gasteiger partial charge in [0.05, 0.1) is 23.8 Å². The SMILES string of the molecule is O=C(O)NCc1cc(=O)c2ccc(OCc3cn(-c4ccccc4)nn3)cc2o1. The van der Waals surface area contributed by atoms with Crippen LogP contribution in [0.3, 0.4) is 0 Å². The summed E-state index contributed by atoms with van der Waals surface area (Å²) in [5.74, 6) is 0.700. The Bertz CT molecular complexity index is 1220. The van der Waals surface area contributed by atoms with Gasteiger partial charge >= 0.3 is 6.09 Å². The molecule has 0 bridgehead atoms. The maximum atomic E-state index is 12.2. The molecule has 4 aromatic rings. The Balaban J connectivity index is 1.50. The van der Waals surface area contributed by atoms with E-state index >= 15 is 0 Å². The summed E-state index contributed by atoms with van der Waals surface area (Å²) < 4.78 is 13.0. The highest BCUT2D eigenvalue weighted by molar-refractivity contribution is 5.78. The molecule has 4 rings (SSSR count). The minimum absolute atomic E-state index is 0.103. The quantitative estimate of drug-likeness (QED) is 0.518. The number of aromatic nitrogens is 3. The highest BCUT2D eigenvalue weighted by atomic mass is 16.5. The van der Waals surface area contributed by atoms with Gasteiger partial charge in [0.25, 0.3) is 0 Å². The van der Waals surface area contributed by atoms with Crippen LogP contribution < -0.4 is 15.5 Å². The third-order valence-electron chi connectivity index (χ3n) is 4.11. The van der Waals surface area contributed by atoms with Crippen LogP contribution in [-0.4, -0.2) is 26.2 Å². The fourth-order valence-electron chi connectivity index (χ4n) is 2.75. The molecule has 2 N–H and O–H groups in total. The van der Waals surface area contributed by atoms with Gasteiger partial charge in [-0.25, -0.2) is 9.48 Å². The van der Waals surface area contributed by atoms with Crippen molar-refractivity contribution in [2.75, 3.05) is 0 Å². The van der Waals surface area contributed by atoms with Gasteiger partial charge in [-0.2, -0.15) is 0 Å². The summed E-state index contributed by atoms with van der Waals surface area (Å²) in [4.78, 5) is 22.8. The van der Waals surface area contributed by atoms with Crippen LogP contribution in [-0.2, 0) is 13.2 Å². The third kappa shape index (κ3) is 4.24. The summed E-state index contributed by atoms with van der Waals surface area (Å²) in [7, 11) is 0. The van der Waals surface area contributed by atoms with E-state index in [4.69, 9.17) is 14.3 Å². The van der Waals surface area contributed by atoms with Crippen molar-refractivity contribution in [1.29, 1.82) is 0 Å². The molecule has 9 heteroatoms. The fourth-order valence-corrected chi connectivity index (χ4v) is 2.75. The van der Waals surface area contributed by atoms with E-state index in [1.54, 1.807) is 29.1 Å². The van der Waals surface area contributed by atoms with E-state index in [1.807, 2.05) is 30.3 Å². The predicted molar refractivity (Wildman–Crippen MR) is 103 cm³/mol. The summed E-state index contributed by atoms with van der Waals surface area (Å²) >= 11 is 0. The summed E-state index contributed by atoms with van der Waals surface area (Å²) in [6.07, 6.45) is 0.569. The Labute approximate surface area is 164 Å². The van der Waals surface area contributed by atoms with Crippen LogP contribution in [0.5, 0.6) is 5.75 Å². The molecule has 9 nitrogen and oxygen atoms in total. The van der Waals surface area contributed by atoms with E-state index in [1.165, 1.54) is 6.07 Å². The largest absolute Gasteiger partial charge is 0.487 e. The smallest absolute Gasteiger partial charge is 0.405 e. The topological polar surface area (TPSA) is 119 Å². The lowest BCUT2D eigenvalue weighted by atomic mass is 10.2. The Kier molecular flexibility index (Phi) is 4.93. The molecule has 0 radical (unpaired) electrons. The van der Waals surface area contributed by atoms with Gasteiger partial charge in [0.1, 0.15) is 29.4 Å². The number of para-hydroxylation sites is 1. The first-order chi connectivity index (χ1) is 14.1. The van der Waals surface area contributed by atoms with E-state index in [0.29, 0.717) is 22.4 Å². The van der Waals surface area contributed by atoms with Crippen molar-refractivity contribution in [2.24, 2.45) is 0 Å². The molecule has 2 aromatic carbocycles. The lowest BCUT2D eigenvalue weighted by molar-refractivity contribution is 0.193. The average molecular weight is 392 g/mol. The van der Waals surface area contributed by atoms with Crippen molar-refractivity contribution in [1.82, 2.24) is 20.3 Å². The second kappa shape index (κ2) is 7.85. The maximum absolute atomic E-state index is 12.2. The standard InChI is InChI=1S/C20H16N4O5/c25-18-8-16(10-21-20(26)27)29-19-9-15(6-7-17(18)19)28-12-13-11-24(23-22-13)14-4-2-1-3-5-14/h1-9,11,21H,10,12H2,(H,26,27). The molecule has 0 aliphatic heterocycles. The van der Waals surface area contributed by atoms with Crippen LogP contribution in [0.15, 0.2) is 70.0 Å². The van der Waals surface area contributed by atoms with Gasteiger partial charge in [0.15, 0.2) is 5.43 Å². The number of carboxylic acid groups (broad SMARTS) is 1. The van der Waals surface area contributed by atoms with Crippen molar-refractivity contribution in [2.45, 2.75) is 13.2 Å². The van der Waals surface area contributed by atoms with E-state index in [2.05, 4.69) is 15.6 Å². The minimum Gasteiger partial charge on any atom is -0.487 e. The molecule has 2 aromatic heterocycles. The second-order valence-electron chi connectivity index (χ2n) is 6.17. The molecule has 29 heavy (non-hydrogen) atoms. The first-order valence-corrected chi connectivity index (χ1v) is 8.71. The Morgan fingerprint density at radius 3 is 2.79 bits per heavy atom. The summed E-state index contributed by atoms with van der Waals surface area (Å²) in [6.45, 7) is 0.0804. The van der Waals surface area contributed by atoms with Gasteiger partial charge in [0.2, 0.25) is 0 Å². The lowest BCUT2D eigenvalue weighted by Gasteiger charge is -2.06. The first-order valence-electron chi connectivity index (χ1n) is 8.71. The number of amides is 1. The third-order valence-corrected chi connectivity index (χ3v) is 4.11. The molecule has 1 amide bonds. The maximum Gasteiger partial charge on any atom is 0.405 e. The van der Waals surface area contributed by atoms with E-state index in [-0.39, 0.29) is 24.3 Å². The molecule has 0 aliphatic rings. The van der Waals surface area contributed by atoms with Crippen LogP contribution in [0.2, 0.25) is 0 Å². The molecule has 0 spiro atoms. The second-order valence-corrected chi connectivity index (χ2v) is 6.17. The Morgan fingerprint density at radius 2 is 2.00 bits per heavy atom.